The molecule has 0 aromatic rings. The van der Waals surface area contributed by atoms with E-state index in [2.05, 4.69) is 38.8 Å². The lowest BCUT2D eigenvalue weighted by molar-refractivity contribution is 0.0628. The van der Waals surface area contributed by atoms with Gasteiger partial charge in [0.25, 0.3) is 0 Å². The van der Waals surface area contributed by atoms with E-state index in [1.54, 1.807) is 0 Å². The van der Waals surface area contributed by atoms with Crippen LogP contribution in [0.15, 0.2) is 0 Å². The molecule has 3 nitrogen and oxygen atoms in total. The van der Waals surface area contributed by atoms with Gasteiger partial charge in [0.15, 0.2) is 8.32 Å². The molecule has 0 aromatic heterocycles. The fraction of sp³-hybridized carbons (Fsp3) is 1.00. The van der Waals surface area contributed by atoms with Crippen molar-refractivity contribution >= 4 is 8.32 Å². The van der Waals surface area contributed by atoms with E-state index >= 15 is 0 Å². The summed E-state index contributed by atoms with van der Waals surface area (Å²) in [6.07, 6.45) is 4.85. The fourth-order valence-electron chi connectivity index (χ4n) is 3.34. The van der Waals surface area contributed by atoms with Gasteiger partial charge in [-0.05, 0) is 50.4 Å². The number of nitrogens with zero attached hydrogens (tertiary/aromatic N) is 1. The molecule has 0 amide bonds. The van der Waals surface area contributed by atoms with Gasteiger partial charge in [-0.15, -0.1) is 0 Å². The summed E-state index contributed by atoms with van der Waals surface area (Å²) in [6.45, 7) is 13.9. The Hall–Kier alpha value is 0.0969. The minimum absolute atomic E-state index is 0.239. The second kappa shape index (κ2) is 5.13. The first-order valence-electron chi connectivity index (χ1n) is 7.73. The van der Waals surface area contributed by atoms with Gasteiger partial charge in [0, 0.05) is 11.6 Å². The van der Waals surface area contributed by atoms with E-state index in [0.717, 1.165) is 19.6 Å². The highest BCUT2D eigenvalue weighted by Gasteiger charge is 2.50. The molecule has 0 aromatic carbocycles. The van der Waals surface area contributed by atoms with Gasteiger partial charge in [0.2, 0.25) is 0 Å². The molecule has 2 rings (SSSR count). The first-order valence-corrected chi connectivity index (χ1v) is 10.6. The second-order valence-electron chi connectivity index (χ2n) is 7.95. The van der Waals surface area contributed by atoms with Crippen LogP contribution in [0.3, 0.4) is 0 Å². The Bertz CT molecular complexity index is 327. The van der Waals surface area contributed by atoms with Crippen molar-refractivity contribution in [3.8, 4) is 0 Å². The highest BCUT2D eigenvalue weighted by Crippen LogP contribution is 2.44. The zero-order chi connectivity index (χ0) is 14.3. The molecule has 2 saturated heterocycles. The van der Waals surface area contributed by atoms with Crippen molar-refractivity contribution in [3.63, 3.8) is 0 Å². The van der Waals surface area contributed by atoms with Crippen LogP contribution >= 0.6 is 0 Å². The molecule has 19 heavy (non-hydrogen) atoms. The molecule has 0 bridgehead atoms. The van der Waals surface area contributed by atoms with Gasteiger partial charge in [-0.3, -0.25) is 4.90 Å². The summed E-state index contributed by atoms with van der Waals surface area (Å²) in [5, 5.41) is 9.79. The summed E-state index contributed by atoms with van der Waals surface area (Å²) < 4.78 is 6.49. The minimum atomic E-state index is -1.66. The number of hydrogen-bond acceptors (Lipinski definition) is 3. The first kappa shape index (κ1) is 15.5. The van der Waals surface area contributed by atoms with Crippen molar-refractivity contribution in [1.29, 1.82) is 0 Å². The minimum Gasteiger partial charge on any atom is -0.415 e. The summed E-state index contributed by atoms with van der Waals surface area (Å²) in [7, 11) is -1.66. The first-order chi connectivity index (χ1) is 8.72. The van der Waals surface area contributed by atoms with Crippen LogP contribution in [0.25, 0.3) is 0 Å². The summed E-state index contributed by atoms with van der Waals surface area (Å²) >= 11 is 0. The smallest absolute Gasteiger partial charge is 0.192 e. The van der Waals surface area contributed by atoms with Crippen LogP contribution in [0.2, 0.25) is 18.1 Å². The Kier molecular flexibility index (Phi) is 4.18. The van der Waals surface area contributed by atoms with E-state index in [1.807, 2.05) is 0 Å². The van der Waals surface area contributed by atoms with E-state index < -0.39 is 8.32 Å². The van der Waals surface area contributed by atoms with Gasteiger partial charge in [-0.1, -0.05) is 20.8 Å². The molecule has 2 fully saturated rings. The van der Waals surface area contributed by atoms with Crippen molar-refractivity contribution in [2.24, 2.45) is 0 Å². The average molecular weight is 286 g/mol. The van der Waals surface area contributed by atoms with Crippen LogP contribution in [0.5, 0.6) is 0 Å². The maximum absolute atomic E-state index is 9.51. The predicted octanol–water partition coefficient (Wildman–Crippen LogP) is 3.00. The Balaban J connectivity index is 2.03. The summed E-state index contributed by atoms with van der Waals surface area (Å²) in [5.41, 5.74) is 0.239. The van der Waals surface area contributed by atoms with Crippen LogP contribution in [0, 0.1) is 0 Å². The van der Waals surface area contributed by atoms with Gasteiger partial charge in [0.1, 0.15) is 0 Å². The average Bonchev–Trinajstić information content (AvgIpc) is 2.83. The van der Waals surface area contributed by atoms with Crippen molar-refractivity contribution < 1.29 is 9.53 Å². The summed E-state index contributed by atoms with van der Waals surface area (Å²) in [4.78, 5) is 2.54. The Morgan fingerprint density at radius 3 is 2.58 bits per heavy atom. The van der Waals surface area contributed by atoms with E-state index in [0.29, 0.717) is 12.6 Å². The van der Waals surface area contributed by atoms with Crippen molar-refractivity contribution in [3.05, 3.63) is 0 Å². The lowest BCUT2D eigenvalue weighted by atomic mass is 9.95. The van der Waals surface area contributed by atoms with Gasteiger partial charge in [-0.25, -0.2) is 0 Å². The molecule has 2 atom stereocenters. The third-order valence-electron chi connectivity index (χ3n) is 5.75. The van der Waals surface area contributed by atoms with Crippen LogP contribution in [0.1, 0.15) is 46.5 Å². The predicted molar refractivity (Wildman–Crippen MR) is 81.9 cm³/mol. The molecule has 2 heterocycles. The molecule has 2 aliphatic rings. The van der Waals surface area contributed by atoms with Crippen molar-refractivity contribution in [2.45, 2.75) is 76.2 Å². The van der Waals surface area contributed by atoms with Gasteiger partial charge in [0.05, 0.1) is 13.2 Å². The Morgan fingerprint density at radius 2 is 2.00 bits per heavy atom. The number of hydrogen-bond donors (Lipinski definition) is 1. The molecule has 1 N–H and O–H groups in total. The largest absolute Gasteiger partial charge is 0.415 e. The quantitative estimate of drug-likeness (QED) is 0.806. The van der Waals surface area contributed by atoms with E-state index in [-0.39, 0.29) is 10.6 Å². The Labute approximate surface area is 119 Å². The maximum Gasteiger partial charge on any atom is 0.192 e. The van der Waals surface area contributed by atoms with Crippen LogP contribution < -0.4 is 0 Å². The number of aliphatic hydroxyl groups is 1. The van der Waals surface area contributed by atoms with Gasteiger partial charge >= 0.3 is 0 Å². The fourth-order valence-corrected chi connectivity index (χ4v) is 4.40. The summed E-state index contributed by atoms with van der Waals surface area (Å²) in [6, 6.07) is 0.380. The second-order valence-corrected chi connectivity index (χ2v) is 12.8. The van der Waals surface area contributed by atoms with Gasteiger partial charge < -0.3 is 9.53 Å². The third-order valence-corrected chi connectivity index (χ3v) is 10.2. The molecule has 0 saturated carbocycles. The van der Waals surface area contributed by atoms with Crippen LogP contribution in [0.4, 0.5) is 0 Å². The Morgan fingerprint density at radius 1 is 1.32 bits per heavy atom. The molecule has 0 aliphatic carbocycles. The molecular formula is C15H31NO2Si. The maximum atomic E-state index is 9.51. The molecule has 2 unspecified atom stereocenters. The SMILES string of the molecule is CC(C)(C)[Si](C)(C)OCC12CCCN1C(CO)CC2. The summed E-state index contributed by atoms with van der Waals surface area (Å²) in [5.74, 6) is 0. The zero-order valence-electron chi connectivity index (χ0n) is 13.3. The van der Waals surface area contributed by atoms with Crippen LogP contribution in [-0.2, 0) is 4.43 Å². The standard InChI is InChI=1S/C15H31NO2Si/c1-14(2,3)19(4,5)18-12-15-8-6-10-16(15)13(11-17)7-9-15/h13,17H,6-12H2,1-5H3. The molecular weight excluding hydrogens is 254 g/mol. The topological polar surface area (TPSA) is 32.7 Å². The third kappa shape index (κ3) is 2.78. The molecule has 112 valence electrons. The lowest BCUT2D eigenvalue weighted by Gasteiger charge is -2.41. The number of fused-ring (bicyclic) bond motifs is 1. The highest BCUT2D eigenvalue weighted by atomic mass is 28.4. The monoisotopic (exact) mass is 285 g/mol. The normalized spacial score (nSPS) is 32.8. The zero-order valence-corrected chi connectivity index (χ0v) is 14.3. The van der Waals surface area contributed by atoms with E-state index in [1.165, 1.54) is 19.3 Å². The molecule has 0 spiro atoms. The highest BCUT2D eigenvalue weighted by molar-refractivity contribution is 6.74. The molecule has 4 heteroatoms. The number of rotatable bonds is 4. The van der Waals surface area contributed by atoms with Crippen LogP contribution in [-0.4, -0.2) is 49.7 Å². The molecule has 2 aliphatic heterocycles. The van der Waals surface area contributed by atoms with E-state index in [4.69, 9.17) is 4.43 Å². The van der Waals surface area contributed by atoms with Crippen molar-refractivity contribution in [2.75, 3.05) is 19.8 Å². The van der Waals surface area contributed by atoms with Crippen molar-refractivity contribution in [1.82, 2.24) is 4.90 Å². The lowest BCUT2D eigenvalue weighted by Crippen LogP contribution is -2.51. The molecule has 0 radical (unpaired) electrons. The van der Waals surface area contributed by atoms with E-state index in [9.17, 15) is 5.11 Å². The number of aliphatic hydroxyl groups excluding tert-OH is 1. The van der Waals surface area contributed by atoms with Gasteiger partial charge in [-0.2, -0.15) is 0 Å².